The second-order valence-electron chi connectivity index (χ2n) is 4.66. The van der Waals surface area contributed by atoms with Gasteiger partial charge in [-0.25, -0.2) is 4.39 Å². The van der Waals surface area contributed by atoms with Crippen molar-refractivity contribution in [1.29, 1.82) is 0 Å². The number of halogens is 4. The first-order chi connectivity index (χ1) is 9.90. The first-order valence-electron chi connectivity index (χ1n) is 6.52. The van der Waals surface area contributed by atoms with Gasteiger partial charge in [-0.05, 0) is 24.6 Å². The molecular formula is C14H15F4N3. The molecule has 0 aliphatic carbocycles. The summed E-state index contributed by atoms with van der Waals surface area (Å²) in [6.07, 6.45) is -0.177. The number of rotatable bonds is 5. The second kappa shape index (κ2) is 6.15. The van der Waals surface area contributed by atoms with Crippen LogP contribution in [0.3, 0.4) is 0 Å². The van der Waals surface area contributed by atoms with Gasteiger partial charge in [0.25, 0.3) is 0 Å². The number of benzene rings is 1. The van der Waals surface area contributed by atoms with Gasteiger partial charge < -0.3 is 5.32 Å². The van der Waals surface area contributed by atoms with Crippen LogP contribution < -0.4 is 5.32 Å². The van der Waals surface area contributed by atoms with E-state index in [0.717, 1.165) is 36.7 Å². The van der Waals surface area contributed by atoms with Gasteiger partial charge in [-0.15, -0.1) is 0 Å². The summed E-state index contributed by atoms with van der Waals surface area (Å²) in [7, 11) is 0. The Morgan fingerprint density at radius 3 is 2.71 bits per heavy atom. The number of hydrogen-bond donors (Lipinski definition) is 1. The van der Waals surface area contributed by atoms with Gasteiger partial charge in [0, 0.05) is 24.8 Å². The Morgan fingerprint density at radius 1 is 1.29 bits per heavy atom. The van der Waals surface area contributed by atoms with E-state index in [1.807, 2.05) is 6.92 Å². The molecule has 1 aromatic carbocycles. The number of anilines is 1. The molecule has 1 N–H and O–H groups in total. The Bertz CT molecular complexity index is 605. The Kier molecular flexibility index (Phi) is 4.50. The summed E-state index contributed by atoms with van der Waals surface area (Å²) < 4.78 is 53.0. The van der Waals surface area contributed by atoms with Gasteiger partial charge >= 0.3 is 6.18 Å². The molecule has 3 nitrogen and oxygen atoms in total. The Labute approximate surface area is 119 Å². The minimum absolute atomic E-state index is 0.173. The van der Waals surface area contributed by atoms with Crippen molar-refractivity contribution in [3.05, 3.63) is 47.5 Å². The maximum Gasteiger partial charge on any atom is 0.416 e. The Balaban J connectivity index is 2.08. The average molecular weight is 301 g/mol. The van der Waals surface area contributed by atoms with Crippen molar-refractivity contribution in [2.75, 3.05) is 5.32 Å². The van der Waals surface area contributed by atoms with Crippen LogP contribution in [-0.4, -0.2) is 9.78 Å². The van der Waals surface area contributed by atoms with Crippen LogP contribution in [0.2, 0.25) is 0 Å². The van der Waals surface area contributed by atoms with E-state index in [9.17, 15) is 17.6 Å². The zero-order valence-electron chi connectivity index (χ0n) is 11.4. The summed E-state index contributed by atoms with van der Waals surface area (Å²) in [4.78, 5) is 0. The SMILES string of the molecule is CCCn1cc(CNc2cc(C(F)(F)F)ccc2F)cn1. The van der Waals surface area contributed by atoms with Gasteiger partial charge in [-0.2, -0.15) is 18.3 Å². The Hall–Kier alpha value is -2.05. The molecule has 0 fully saturated rings. The highest BCUT2D eigenvalue weighted by atomic mass is 19.4. The van der Waals surface area contributed by atoms with Crippen molar-refractivity contribution in [3.8, 4) is 0 Å². The van der Waals surface area contributed by atoms with E-state index in [2.05, 4.69) is 10.4 Å². The molecule has 0 saturated heterocycles. The van der Waals surface area contributed by atoms with Crippen molar-refractivity contribution in [2.24, 2.45) is 0 Å². The number of aromatic nitrogens is 2. The molecule has 114 valence electrons. The molecule has 0 spiro atoms. The first kappa shape index (κ1) is 15.3. The highest BCUT2D eigenvalue weighted by Gasteiger charge is 2.31. The summed E-state index contributed by atoms with van der Waals surface area (Å²) in [6.45, 7) is 2.98. The molecule has 2 aromatic rings. The highest BCUT2D eigenvalue weighted by molar-refractivity contribution is 5.48. The fourth-order valence-electron chi connectivity index (χ4n) is 1.88. The third kappa shape index (κ3) is 3.96. The van der Waals surface area contributed by atoms with E-state index < -0.39 is 17.6 Å². The topological polar surface area (TPSA) is 29.9 Å². The van der Waals surface area contributed by atoms with E-state index in [0.29, 0.717) is 0 Å². The highest BCUT2D eigenvalue weighted by Crippen LogP contribution is 2.31. The fraction of sp³-hybridized carbons (Fsp3) is 0.357. The molecule has 0 saturated carbocycles. The van der Waals surface area contributed by atoms with Crippen LogP contribution in [0.4, 0.5) is 23.2 Å². The van der Waals surface area contributed by atoms with Gasteiger partial charge in [0.1, 0.15) is 5.82 Å². The number of alkyl halides is 3. The van der Waals surface area contributed by atoms with Gasteiger partial charge in [0.2, 0.25) is 0 Å². The third-order valence-corrected chi connectivity index (χ3v) is 2.92. The number of nitrogens with one attached hydrogen (secondary N) is 1. The molecule has 7 heteroatoms. The van der Waals surface area contributed by atoms with Crippen molar-refractivity contribution in [1.82, 2.24) is 9.78 Å². The minimum Gasteiger partial charge on any atom is -0.378 e. The van der Waals surface area contributed by atoms with Crippen LogP contribution in [0.5, 0.6) is 0 Å². The van der Waals surface area contributed by atoms with Crippen molar-refractivity contribution in [2.45, 2.75) is 32.6 Å². The lowest BCUT2D eigenvalue weighted by atomic mass is 10.2. The summed E-state index contributed by atoms with van der Waals surface area (Å²) >= 11 is 0. The standard InChI is InChI=1S/C14H15F4N3/c1-2-5-21-9-10(8-20-21)7-19-13-6-11(14(16,17)18)3-4-12(13)15/h3-4,6,8-9,19H,2,5,7H2,1H3. The van der Waals surface area contributed by atoms with Crippen molar-refractivity contribution >= 4 is 5.69 Å². The van der Waals surface area contributed by atoms with Crippen LogP contribution in [0.25, 0.3) is 0 Å². The summed E-state index contributed by atoms with van der Waals surface area (Å²) in [5.74, 6) is -0.719. The normalized spacial score (nSPS) is 11.7. The number of nitrogens with zero attached hydrogens (tertiary/aromatic N) is 2. The molecular weight excluding hydrogens is 286 g/mol. The van der Waals surface area contributed by atoms with E-state index in [4.69, 9.17) is 0 Å². The molecule has 1 aromatic heterocycles. The minimum atomic E-state index is -4.49. The lowest BCUT2D eigenvalue weighted by molar-refractivity contribution is -0.137. The maximum absolute atomic E-state index is 13.5. The third-order valence-electron chi connectivity index (χ3n) is 2.92. The first-order valence-corrected chi connectivity index (χ1v) is 6.52. The lowest BCUT2D eigenvalue weighted by Gasteiger charge is -2.11. The summed E-state index contributed by atoms with van der Waals surface area (Å²) in [5.41, 5.74) is -0.276. The van der Waals surface area contributed by atoms with Gasteiger partial charge in [-0.3, -0.25) is 4.68 Å². The number of hydrogen-bond acceptors (Lipinski definition) is 2. The second-order valence-corrected chi connectivity index (χ2v) is 4.66. The van der Waals surface area contributed by atoms with Gasteiger partial charge in [0.05, 0.1) is 17.4 Å². The van der Waals surface area contributed by atoms with Crippen LogP contribution in [-0.2, 0) is 19.3 Å². The summed E-state index contributed by atoms with van der Waals surface area (Å²) in [6, 6.07) is 2.30. The monoisotopic (exact) mass is 301 g/mol. The van der Waals surface area contributed by atoms with Gasteiger partial charge in [-0.1, -0.05) is 6.92 Å². The molecule has 2 rings (SSSR count). The molecule has 0 aliphatic heterocycles. The quantitative estimate of drug-likeness (QED) is 0.844. The largest absolute Gasteiger partial charge is 0.416 e. The predicted octanol–water partition coefficient (Wildman–Crippen LogP) is 4.06. The van der Waals surface area contributed by atoms with Crippen LogP contribution >= 0.6 is 0 Å². The van der Waals surface area contributed by atoms with Crippen LogP contribution in [0.15, 0.2) is 30.6 Å². The zero-order chi connectivity index (χ0) is 15.5. The Morgan fingerprint density at radius 2 is 2.05 bits per heavy atom. The molecule has 1 heterocycles. The van der Waals surface area contributed by atoms with E-state index in [1.54, 1.807) is 17.1 Å². The molecule has 0 radical (unpaired) electrons. The van der Waals surface area contributed by atoms with Crippen molar-refractivity contribution in [3.63, 3.8) is 0 Å². The van der Waals surface area contributed by atoms with Crippen LogP contribution in [0, 0.1) is 5.82 Å². The number of aryl methyl sites for hydroxylation is 1. The maximum atomic E-state index is 13.5. The molecule has 21 heavy (non-hydrogen) atoms. The smallest absolute Gasteiger partial charge is 0.378 e. The lowest BCUT2D eigenvalue weighted by Crippen LogP contribution is -2.07. The van der Waals surface area contributed by atoms with Gasteiger partial charge in [0.15, 0.2) is 0 Å². The van der Waals surface area contributed by atoms with Crippen molar-refractivity contribution < 1.29 is 17.6 Å². The predicted molar refractivity (Wildman–Crippen MR) is 71.2 cm³/mol. The zero-order valence-corrected chi connectivity index (χ0v) is 11.4. The van der Waals surface area contributed by atoms with Crippen LogP contribution in [0.1, 0.15) is 24.5 Å². The fourth-order valence-corrected chi connectivity index (χ4v) is 1.88. The molecule has 0 bridgehead atoms. The molecule has 0 aliphatic rings. The van der Waals surface area contributed by atoms with E-state index in [1.165, 1.54) is 0 Å². The van der Waals surface area contributed by atoms with E-state index in [-0.39, 0.29) is 12.2 Å². The average Bonchev–Trinajstić information content (AvgIpc) is 2.84. The van der Waals surface area contributed by atoms with E-state index >= 15 is 0 Å². The summed E-state index contributed by atoms with van der Waals surface area (Å²) in [5, 5.41) is 6.77. The molecule has 0 unspecified atom stereocenters. The molecule has 0 atom stereocenters. The molecule has 0 amide bonds.